The van der Waals surface area contributed by atoms with Crippen molar-refractivity contribution < 1.29 is 10.0 Å². The van der Waals surface area contributed by atoms with E-state index < -0.39 is 5.91 Å². The molecule has 0 saturated heterocycles. The quantitative estimate of drug-likeness (QED) is 0.513. The number of aromatic nitrogens is 1. The van der Waals surface area contributed by atoms with E-state index in [1.807, 2.05) is 31.2 Å². The van der Waals surface area contributed by atoms with Crippen molar-refractivity contribution >= 4 is 16.8 Å². The Balaban J connectivity index is 2.18. The minimum atomic E-state index is -0.525. The largest absolute Gasteiger partial charge is 0.326 e. The molecule has 0 saturated carbocycles. The maximum atomic E-state index is 11.4. The molecule has 0 aliphatic carbocycles. The molecule has 1 aromatic heterocycles. The highest BCUT2D eigenvalue weighted by molar-refractivity contribution is 5.93. The predicted molar refractivity (Wildman–Crippen MR) is 85.2 cm³/mol. The number of nitrogens with one attached hydrogen (secondary N) is 1. The van der Waals surface area contributed by atoms with Crippen molar-refractivity contribution in [3.8, 4) is 5.69 Å². The average molecular weight is 295 g/mol. The lowest BCUT2D eigenvalue weighted by molar-refractivity contribution is 0.0706. The number of nitrogens with zero attached hydrogens (tertiary/aromatic N) is 1. The zero-order chi connectivity index (χ0) is 15.7. The summed E-state index contributed by atoms with van der Waals surface area (Å²) >= 11 is 0. The number of hydrogen-bond acceptors (Lipinski definition) is 3. The Hall–Kier alpha value is -2.63. The molecule has 4 N–H and O–H groups in total. The van der Waals surface area contributed by atoms with Gasteiger partial charge in [0.1, 0.15) is 0 Å². The van der Waals surface area contributed by atoms with Crippen LogP contribution in [-0.4, -0.2) is 15.7 Å². The van der Waals surface area contributed by atoms with E-state index >= 15 is 0 Å². The summed E-state index contributed by atoms with van der Waals surface area (Å²) in [5, 5.41) is 9.82. The van der Waals surface area contributed by atoms with Gasteiger partial charge in [0.15, 0.2) is 0 Å². The van der Waals surface area contributed by atoms with Crippen LogP contribution in [0.2, 0.25) is 0 Å². The van der Waals surface area contributed by atoms with Crippen LogP contribution in [0.25, 0.3) is 16.6 Å². The highest BCUT2D eigenvalue weighted by Gasteiger charge is 2.14. The zero-order valence-electron chi connectivity index (χ0n) is 12.2. The van der Waals surface area contributed by atoms with Gasteiger partial charge in [-0.05, 0) is 42.8 Å². The summed E-state index contributed by atoms with van der Waals surface area (Å²) < 4.78 is 2.12. The summed E-state index contributed by atoms with van der Waals surface area (Å²) in [5.74, 6) is -0.525. The molecule has 3 rings (SSSR count). The van der Waals surface area contributed by atoms with E-state index in [0.717, 1.165) is 27.8 Å². The molecule has 112 valence electrons. The maximum Gasteiger partial charge on any atom is 0.274 e. The Morgan fingerprint density at radius 3 is 2.50 bits per heavy atom. The SMILES string of the molecule is Cc1c(CN)c2ccccc2n1-c1ccc(C(=O)NO)cc1. The van der Waals surface area contributed by atoms with E-state index in [2.05, 4.69) is 16.7 Å². The third-order valence-corrected chi connectivity index (χ3v) is 3.94. The van der Waals surface area contributed by atoms with Crippen LogP contribution >= 0.6 is 0 Å². The van der Waals surface area contributed by atoms with Gasteiger partial charge in [0.2, 0.25) is 0 Å². The predicted octanol–water partition coefficient (Wildman–Crippen LogP) is 2.52. The van der Waals surface area contributed by atoms with Crippen molar-refractivity contribution in [1.82, 2.24) is 10.0 Å². The minimum Gasteiger partial charge on any atom is -0.326 e. The molecular weight excluding hydrogens is 278 g/mol. The summed E-state index contributed by atoms with van der Waals surface area (Å²) in [4.78, 5) is 11.4. The normalized spacial score (nSPS) is 10.9. The van der Waals surface area contributed by atoms with E-state index in [9.17, 15) is 4.79 Å². The van der Waals surface area contributed by atoms with E-state index in [-0.39, 0.29) is 0 Å². The fourth-order valence-corrected chi connectivity index (χ4v) is 2.85. The molecule has 1 heterocycles. The van der Waals surface area contributed by atoms with Gasteiger partial charge in [-0.25, -0.2) is 5.48 Å². The van der Waals surface area contributed by atoms with Crippen LogP contribution in [0.3, 0.4) is 0 Å². The van der Waals surface area contributed by atoms with Gasteiger partial charge in [0.05, 0.1) is 5.52 Å². The summed E-state index contributed by atoms with van der Waals surface area (Å²) in [5.41, 5.74) is 12.2. The Morgan fingerprint density at radius 2 is 1.86 bits per heavy atom. The van der Waals surface area contributed by atoms with Crippen molar-refractivity contribution in [3.63, 3.8) is 0 Å². The second kappa shape index (κ2) is 5.63. The van der Waals surface area contributed by atoms with Crippen molar-refractivity contribution in [2.75, 3.05) is 0 Å². The highest BCUT2D eigenvalue weighted by atomic mass is 16.5. The third-order valence-electron chi connectivity index (χ3n) is 3.94. The van der Waals surface area contributed by atoms with Crippen LogP contribution < -0.4 is 11.2 Å². The molecular formula is C17H17N3O2. The number of carbonyl (C=O) groups excluding carboxylic acids is 1. The topological polar surface area (TPSA) is 80.3 Å². The van der Waals surface area contributed by atoms with E-state index in [1.165, 1.54) is 0 Å². The first-order chi connectivity index (χ1) is 10.7. The molecule has 3 aromatic rings. The molecule has 2 aromatic carbocycles. The van der Waals surface area contributed by atoms with Crippen molar-refractivity contribution in [1.29, 1.82) is 0 Å². The maximum absolute atomic E-state index is 11.4. The first-order valence-corrected chi connectivity index (χ1v) is 7.01. The van der Waals surface area contributed by atoms with Crippen LogP contribution in [0.15, 0.2) is 48.5 Å². The molecule has 5 nitrogen and oxygen atoms in total. The Kier molecular flexibility index (Phi) is 3.66. The lowest BCUT2D eigenvalue weighted by Gasteiger charge is -2.09. The molecule has 22 heavy (non-hydrogen) atoms. The van der Waals surface area contributed by atoms with Gasteiger partial charge in [-0.15, -0.1) is 0 Å². The Labute approximate surface area is 127 Å². The van der Waals surface area contributed by atoms with Gasteiger partial charge >= 0.3 is 0 Å². The zero-order valence-corrected chi connectivity index (χ0v) is 12.2. The van der Waals surface area contributed by atoms with Gasteiger partial charge < -0.3 is 10.3 Å². The molecule has 5 heteroatoms. The van der Waals surface area contributed by atoms with Crippen LogP contribution in [0.4, 0.5) is 0 Å². The van der Waals surface area contributed by atoms with Crippen LogP contribution in [-0.2, 0) is 6.54 Å². The highest BCUT2D eigenvalue weighted by Crippen LogP contribution is 2.28. The van der Waals surface area contributed by atoms with Crippen LogP contribution in [0.1, 0.15) is 21.6 Å². The number of amides is 1. The number of rotatable bonds is 3. The molecule has 0 atom stereocenters. The molecule has 0 fully saturated rings. The molecule has 0 spiro atoms. The smallest absolute Gasteiger partial charge is 0.274 e. The number of carbonyl (C=O) groups is 1. The first kappa shape index (κ1) is 14.3. The van der Waals surface area contributed by atoms with Crippen molar-refractivity contribution in [2.24, 2.45) is 5.73 Å². The summed E-state index contributed by atoms with van der Waals surface area (Å²) in [6.07, 6.45) is 0. The van der Waals surface area contributed by atoms with Crippen LogP contribution in [0.5, 0.6) is 0 Å². The molecule has 0 aliphatic rings. The second-order valence-electron chi connectivity index (χ2n) is 5.11. The summed E-state index contributed by atoms with van der Waals surface area (Å²) in [6.45, 7) is 2.51. The number of fused-ring (bicyclic) bond motifs is 1. The van der Waals surface area contributed by atoms with E-state index in [0.29, 0.717) is 12.1 Å². The fourth-order valence-electron chi connectivity index (χ4n) is 2.85. The van der Waals surface area contributed by atoms with Crippen molar-refractivity contribution in [3.05, 3.63) is 65.4 Å². The van der Waals surface area contributed by atoms with E-state index in [1.54, 1.807) is 17.6 Å². The first-order valence-electron chi connectivity index (χ1n) is 7.01. The molecule has 1 amide bonds. The minimum absolute atomic E-state index is 0.402. The standard InChI is InChI=1S/C17H17N3O2/c1-11-15(10-18)14-4-2-3-5-16(14)20(11)13-8-6-12(7-9-13)17(21)19-22/h2-9,22H,10,18H2,1H3,(H,19,21). The molecule has 0 unspecified atom stereocenters. The third kappa shape index (κ3) is 2.16. The number of nitrogens with two attached hydrogens (primary N) is 1. The number of hydrogen-bond donors (Lipinski definition) is 3. The Morgan fingerprint density at radius 1 is 1.18 bits per heavy atom. The van der Waals surface area contributed by atoms with Gasteiger partial charge in [0.25, 0.3) is 5.91 Å². The second-order valence-corrected chi connectivity index (χ2v) is 5.11. The number of benzene rings is 2. The lowest BCUT2D eigenvalue weighted by Crippen LogP contribution is -2.18. The molecule has 0 bridgehead atoms. The number of hydroxylamine groups is 1. The molecule has 0 aliphatic heterocycles. The molecule has 0 radical (unpaired) electrons. The summed E-state index contributed by atoms with van der Waals surface area (Å²) in [6, 6.07) is 15.2. The van der Waals surface area contributed by atoms with Gasteiger partial charge in [0, 0.05) is 28.9 Å². The van der Waals surface area contributed by atoms with Gasteiger partial charge in [-0.2, -0.15) is 0 Å². The monoisotopic (exact) mass is 295 g/mol. The van der Waals surface area contributed by atoms with Gasteiger partial charge in [-0.1, -0.05) is 18.2 Å². The average Bonchev–Trinajstić information content (AvgIpc) is 2.85. The number of para-hydroxylation sites is 1. The lowest BCUT2D eigenvalue weighted by atomic mass is 10.1. The van der Waals surface area contributed by atoms with Crippen molar-refractivity contribution in [2.45, 2.75) is 13.5 Å². The van der Waals surface area contributed by atoms with Crippen LogP contribution in [0, 0.1) is 6.92 Å². The fraction of sp³-hybridized carbons (Fsp3) is 0.118. The summed E-state index contributed by atoms with van der Waals surface area (Å²) in [7, 11) is 0. The van der Waals surface area contributed by atoms with E-state index in [4.69, 9.17) is 10.9 Å². The van der Waals surface area contributed by atoms with Gasteiger partial charge in [-0.3, -0.25) is 10.0 Å². The Bertz CT molecular complexity index is 835.